The number of fused-ring (bicyclic) bond motifs is 1. The van der Waals surface area contributed by atoms with E-state index in [1.807, 2.05) is 13.0 Å². The van der Waals surface area contributed by atoms with Crippen LogP contribution in [0.4, 0.5) is 0 Å². The van der Waals surface area contributed by atoms with E-state index in [2.05, 4.69) is 0 Å². The first-order chi connectivity index (χ1) is 11.1. The fraction of sp³-hybridized carbons (Fsp3) is 0.353. The van der Waals surface area contributed by atoms with Crippen LogP contribution in [0, 0.1) is 11.3 Å². The highest BCUT2D eigenvalue weighted by Crippen LogP contribution is 2.23. The van der Waals surface area contributed by atoms with Crippen LogP contribution in [0.5, 0.6) is 5.75 Å². The number of benzene rings is 1. The van der Waals surface area contributed by atoms with Crippen LogP contribution >= 0.6 is 0 Å². The Balaban J connectivity index is 2.37. The highest BCUT2D eigenvalue weighted by molar-refractivity contribution is 5.87. The largest absolute Gasteiger partial charge is 0.497 e. The summed E-state index contributed by atoms with van der Waals surface area (Å²) in [5.41, 5.74) is 0.445. The molecule has 0 atom stereocenters. The molecule has 120 valence electrons. The molecule has 0 saturated heterocycles. The van der Waals surface area contributed by atoms with Crippen LogP contribution in [0.25, 0.3) is 11.0 Å². The van der Waals surface area contributed by atoms with E-state index in [0.29, 0.717) is 28.8 Å². The fourth-order valence-electron chi connectivity index (χ4n) is 2.41. The van der Waals surface area contributed by atoms with Crippen molar-refractivity contribution in [2.45, 2.75) is 19.8 Å². The van der Waals surface area contributed by atoms with Gasteiger partial charge in [-0.3, -0.25) is 4.79 Å². The molecule has 0 fully saturated rings. The second-order valence-corrected chi connectivity index (χ2v) is 5.10. The molecule has 1 aromatic heterocycles. The maximum Gasteiger partial charge on any atom is 0.336 e. The first-order valence-corrected chi connectivity index (χ1v) is 7.34. The summed E-state index contributed by atoms with van der Waals surface area (Å²) in [6.07, 6.45) is 0.818. The molecule has 6 heteroatoms. The summed E-state index contributed by atoms with van der Waals surface area (Å²) in [7, 11) is 1.52. The van der Waals surface area contributed by atoms with Crippen LogP contribution in [0.15, 0.2) is 33.5 Å². The minimum absolute atomic E-state index is 0.0415. The first kappa shape index (κ1) is 16.6. The van der Waals surface area contributed by atoms with Crippen molar-refractivity contribution in [1.29, 1.82) is 5.26 Å². The Bertz CT molecular complexity index is 804. The van der Waals surface area contributed by atoms with Crippen LogP contribution in [-0.4, -0.2) is 31.0 Å². The van der Waals surface area contributed by atoms with Crippen molar-refractivity contribution in [3.05, 3.63) is 40.2 Å². The number of hydrogen-bond acceptors (Lipinski definition) is 5. The molecule has 2 aromatic rings. The van der Waals surface area contributed by atoms with Gasteiger partial charge in [-0.05, 0) is 24.1 Å². The zero-order valence-electron chi connectivity index (χ0n) is 13.2. The smallest absolute Gasteiger partial charge is 0.336 e. The number of hydrogen-bond donors (Lipinski definition) is 0. The van der Waals surface area contributed by atoms with E-state index >= 15 is 0 Å². The van der Waals surface area contributed by atoms with Crippen molar-refractivity contribution >= 4 is 16.9 Å². The molecule has 0 spiro atoms. The van der Waals surface area contributed by atoms with Crippen molar-refractivity contribution in [2.75, 3.05) is 20.2 Å². The number of rotatable bonds is 6. The topological polar surface area (TPSA) is 83.5 Å². The number of ether oxygens (including phenoxy) is 1. The molecule has 0 radical (unpaired) electrons. The maximum atomic E-state index is 12.4. The maximum absolute atomic E-state index is 12.4. The lowest BCUT2D eigenvalue weighted by atomic mass is 10.1. The first-order valence-electron chi connectivity index (χ1n) is 7.34. The third kappa shape index (κ3) is 3.89. The summed E-state index contributed by atoms with van der Waals surface area (Å²) in [4.78, 5) is 25.6. The molecule has 0 bridgehead atoms. The average Bonchev–Trinajstić information content (AvgIpc) is 2.53. The van der Waals surface area contributed by atoms with Gasteiger partial charge in [0.2, 0.25) is 5.91 Å². The highest BCUT2D eigenvalue weighted by Gasteiger charge is 2.16. The molecule has 0 aliphatic heterocycles. The molecule has 0 unspecified atom stereocenters. The van der Waals surface area contributed by atoms with Gasteiger partial charge in [0.05, 0.1) is 19.6 Å². The normalized spacial score (nSPS) is 10.3. The highest BCUT2D eigenvalue weighted by atomic mass is 16.5. The van der Waals surface area contributed by atoms with Crippen molar-refractivity contribution in [3.8, 4) is 11.8 Å². The van der Waals surface area contributed by atoms with Crippen LogP contribution in [-0.2, 0) is 11.2 Å². The van der Waals surface area contributed by atoms with E-state index in [-0.39, 0.29) is 18.9 Å². The van der Waals surface area contributed by atoms with Gasteiger partial charge in [-0.1, -0.05) is 6.92 Å². The molecule has 1 aromatic carbocycles. The van der Waals surface area contributed by atoms with E-state index in [0.717, 1.165) is 6.42 Å². The number of amides is 1. The molecular weight excluding hydrogens is 296 g/mol. The van der Waals surface area contributed by atoms with Gasteiger partial charge in [-0.15, -0.1) is 0 Å². The molecule has 23 heavy (non-hydrogen) atoms. The Morgan fingerprint density at radius 1 is 1.39 bits per heavy atom. The van der Waals surface area contributed by atoms with E-state index in [1.54, 1.807) is 18.2 Å². The van der Waals surface area contributed by atoms with Gasteiger partial charge < -0.3 is 14.1 Å². The van der Waals surface area contributed by atoms with Crippen molar-refractivity contribution in [2.24, 2.45) is 0 Å². The number of carbonyl (C=O) groups excluding carboxylic acids is 1. The zero-order chi connectivity index (χ0) is 16.8. The summed E-state index contributed by atoms with van der Waals surface area (Å²) >= 11 is 0. The number of carbonyl (C=O) groups is 1. The fourth-order valence-corrected chi connectivity index (χ4v) is 2.41. The summed E-state index contributed by atoms with van der Waals surface area (Å²) in [5.74, 6) is 0.386. The average molecular weight is 314 g/mol. The minimum Gasteiger partial charge on any atom is -0.497 e. The summed E-state index contributed by atoms with van der Waals surface area (Å²) in [5, 5.41) is 9.52. The van der Waals surface area contributed by atoms with Gasteiger partial charge in [-0.2, -0.15) is 5.26 Å². The minimum atomic E-state index is -0.518. The second-order valence-electron chi connectivity index (χ2n) is 5.10. The zero-order valence-corrected chi connectivity index (χ0v) is 13.2. The predicted molar refractivity (Wildman–Crippen MR) is 85.2 cm³/mol. The Morgan fingerprint density at radius 3 is 2.83 bits per heavy atom. The van der Waals surface area contributed by atoms with Crippen LogP contribution < -0.4 is 10.4 Å². The lowest BCUT2D eigenvalue weighted by Crippen LogP contribution is -2.33. The van der Waals surface area contributed by atoms with Crippen LogP contribution in [0.3, 0.4) is 0 Å². The van der Waals surface area contributed by atoms with Crippen molar-refractivity contribution < 1.29 is 13.9 Å². The molecule has 0 N–H and O–H groups in total. The predicted octanol–water partition coefficient (Wildman–Crippen LogP) is 2.11. The Hall–Kier alpha value is -2.81. The summed E-state index contributed by atoms with van der Waals surface area (Å²) in [6, 6.07) is 8.43. The van der Waals surface area contributed by atoms with Gasteiger partial charge in [0.15, 0.2) is 0 Å². The second kappa shape index (κ2) is 7.45. The van der Waals surface area contributed by atoms with Crippen LogP contribution in [0.1, 0.15) is 18.9 Å². The van der Waals surface area contributed by atoms with Gasteiger partial charge in [0.25, 0.3) is 0 Å². The van der Waals surface area contributed by atoms with Gasteiger partial charge in [-0.25, -0.2) is 4.79 Å². The summed E-state index contributed by atoms with van der Waals surface area (Å²) in [6.45, 7) is 2.50. The van der Waals surface area contributed by atoms with E-state index < -0.39 is 5.63 Å². The lowest BCUT2D eigenvalue weighted by molar-refractivity contribution is -0.129. The Labute approximate surface area is 133 Å². The molecule has 0 aliphatic rings. The quantitative estimate of drug-likeness (QED) is 0.602. The lowest BCUT2D eigenvalue weighted by Gasteiger charge is -2.19. The van der Waals surface area contributed by atoms with E-state index in [4.69, 9.17) is 14.4 Å². The SMILES string of the molecule is CCCN(CC#N)C(=O)Cc1cc(=O)oc2cc(OC)ccc12. The molecule has 1 heterocycles. The molecule has 2 rings (SSSR count). The number of nitriles is 1. The van der Waals surface area contributed by atoms with E-state index in [1.165, 1.54) is 18.1 Å². The van der Waals surface area contributed by atoms with Gasteiger partial charge >= 0.3 is 5.63 Å². The van der Waals surface area contributed by atoms with E-state index in [9.17, 15) is 9.59 Å². The van der Waals surface area contributed by atoms with Crippen molar-refractivity contribution in [1.82, 2.24) is 4.90 Å². The van der Waals surface area contributed by atoms with Gasteiger partial charge in [0.1, 0.15) is 17.9 Å². The van der Waals surface area contributed by atoms with Gasteiger partial charge in [0, 0.05) is 24.1 Å². The molecular formula is C17H18N2O4. The third-order valence-corrected chi connectivity index (χ3v) is 3.49. The number of methoxy groups -OCH3 is 1. The molecule has 1 amide bonds. The van der Waals surface area contributed by atoms with Crippen molar-refractivity contribution in [3.63, 3.8) is 0 Å². The number of nitrogens with zero attached hydrogens (tertiary/aromatic N) is 2. The molecule has 0 aliphatic carbocycles. The summed E-state index contributed by atoms with van der Waals surface area (Å²) < 4.78 is 10.3. The monoisotopic (exact) mass is 314 g/mol. The van der Waals surface area contributed by atoms with Crippen LogP contribution in [0.2, 0.25) is 0 Å². The molecule has 0 saturated carbocycles. The Morgan fingerprint density at radius 2 is 2.17 bits per heavy atom. The Kier molecular flexibility index (Phi) is 5.36. The standard InChI is InChI=1S/C17H18N2O4/c1-3-7-19(8-6-18)16(20)9-12-10-17(21)23-15-11-13(22-2)4-5-14(12)15/h4-5,10-11H,3,7-9H2,1-2H3. The molecule has 6 nitrogen and oxygen atoms in total. The third-order valence-electron chi connectivity index (χ3n) is 3.49.